The van der Waals surface area contributed by atoms with E-state index in [1.807, 2.05) is 0 Å². The number of hydrogen-bond donors (Lipinski definition) is 2. The average molecular weight is 286 g/mol. The summed E-state index contributed by atoms with van der Waals surface area (Å²) >= 11 is 0. The van der Waals surface area contributed by atoms with Crippen LogP contribution in [0.2, 0.25) is 0 Å². The van der Waals surface area contributed by atoms with Gasteiger partial charge in [0.25, 0.3) is 5.91 Å². The van der Waals surface area contributed by atoms with E-state index in [9.17, 15) is 14.0 Å². The number of aryl methyl sites for hydroxylation is 1. The Bertz CT molecular complexity index is 681. The lowest BCUT2D eigenvalue weighted by molar-refractivity contribution is -0.117. The van der Waals surface area contributed by atoms with Crippen LogP contribution in [0.5, 0.6) is 0 Å². The SMILES string of the molecule is Cc1cccc(C(=O)Nc2ccc(CC(N)=O)cc2)c1F. The van der Waals surface area contributed by atoms with Crippen molar-refractivity contribution < 1.29 is 14.0 Å². The smallest absolute Gasteiger partial charge is 0.258 e. The van der Waals surface area contributed by atoms with Crippen LogP contribution < -0.4 is 11.1 Å². The highest BCUT2D eigenvalue weighted by Gasteiger charge is 2.13. The van der Waals surface area contributed by atoms with Crippen LogP contribution in [0, 0.1) is 12.7 Å². The number of nitrogens with two attached hydrogens (primary N) is 1. The standard InChI is InChI=1S/C16H15FN2O2/c1-10-3-2-4-13(15(10)17)16(21)19-12-7-5-11(6-8-12)9-14(18)20/h2-8H,9H2,1H3,(H2,18,20)(H,19,21). The third-order valence-electron chi connectivity index (χ3n) is 3.03. The molecular formula is C16H15FN2O2. The number of rotatable bonds is 4. The minimum absolute atomic E-state index is 0.00351. The first-order valence-electron chi connectivity index (χ1n) is 6.41. The Labute approximate surface area is 121 Å². The number of carbonyl (C=O) groups excluding carboxylic acids is 2. The first-order chi connectivity index (χ1) is 9.97. The van der Waals surface area contributed by atoms with Gasteiger partial charge in [-0.3, -0.25) is 9.59 Å². The molecule has 0 unspecified atom stereocenters. The fraction of sp³-hybridized carbons (Fsp3) is 0.125. The Hall–Kier alpha value is -2.69. The predicted molar refractivity (Wildman–Crippen MR) is 78.4 cm³/mol. The molecule has 0 aliphatic heterocycles. The van der Waals surface area contributed by atoms with Crippen LogP contribution in [-0.4, -0.2) is 11.8 Å². The van der Waals surface area contributed by atoms with Crippen LogP contribution in [-0.2, 0) is 11.2 Å². The quantitative estimate of drug-likeness (QED) is 0.906. The van der Waals surface area contributed by atoms with Crippen molar-refractivity contribution in [2.45, 2.75) is 13.3 Å². The van der Waals surface area contributed by atoms with Crippen LogP contribution in [0.1, 0.15) is 21.5 Å². The van der Waals surface area contributed by atoms with Gasteiger partial charge in [-0.15, -0.1) is 0 Å². The normalized spacial score (nSPS) is 10.2. The number of hydrogen-bond acceptors (Lipinski definition) is 2. The molecule has 2 amide bonds. The highest BCUT2D eigenvalue weighted by Crippen LogP contribution is 2.15. The van der Waals surface area contributed by atoms with E-state index in [0.29, 0.717) is 11.3 Å². The van der Waals surface area contributed by atoms with Gasteiger partial charge >= 0.3 is 0 Å². The highest BCUT2D eigenvalue weighted by atomic mass is 19.1. The minimum Gasteiger partial charge on any atom is -0.369 e. The summed E-state index contributed by atoms with van der Waals surface area (Å²) in [5.74, 6) is -1.46. The van der Waals surface area contributed by atoms with Crippen molar-refractivity contribution >= 4 is 17.5 Å². The van der Waals surface area contributed by atoms with Gasteiger partial charge in [0.15, 0.2) is 0 Å². The monoisotopic (exact) mass is 286 g/mol. The van der Waals surface area contributed by atoms with Crippen molar-refractivity contribution in [1.82, 2.24) is 0 Å². The molecule has 0 saturated carbocycles. The fourth-order valence-electron chi connectivity index (χ4n) is 1.93. The van der Waals surface area contributed by atoms with Crippen molar-refractivity contribution in [1.29, 1.82) is 0 Å². The lowest BCUT2D eigenvalue weighted by atomic mass is 10.1. The van der Waals surface area contributed by atoms with Crippen molar-refractivity contribution in [2.75, 3.05) is 5.32 Å². The van der Waals surface area contributed by atoms with Crippen LogP contribution >= 0.6 is 0 Å². The second kappa shape index (κ2) is 6.17. The third kappa shape index (κ3) is 3.66. The number of benzene rings is 2. The van der Waals surface area contributed by atoms with Crippen molar-refractivity contribution in [2.24, 2.45) is 5.73 Å². The maximum atomic E-state index is 13.9. The molecule has 4 nitrogen and oxygen atoms in total. The van der Waals surface area contributed by atoms with Gasteiger partial charge in [0, 0.05) is 5.69 Å². The number of halogens is 1. The number of carbonyl (C=O) groups is 2. The molecule has 0 aliphatic rings. The number of primary amides is 1. The second-order valence-corrected chi connectivity index (χ2v) is 4.73. The van der Waals surface area contributed by atoms with Gasteiger partial charge in [0.05, 0.1) is 12.0 Å². The van der Waals surface area contributed by atoms with Gasteiger partial charge in [-0.1, -0.05) is 24.3 Å². The first-order valence-corrected chi connectivity index (χ1v) is 6.41. The first kappa shape index (κ1) is 14.7. The van der Waals surface area contributed by atoms with E-state index < -0.39 is 17.6 Å². The summed E-state index contributed by atoms with van der Waals surface area (Å²) in [5.41, 5.74) is 6.79. The van der Waals surface area contributed by atoms with Crippen LogP contribution in [0.25, 0.3) is 0 Å². The highest BCUT2D eigenvalue weighted by molar-refractivity contribution is 6.04. The number of anilines is 1. The van der Waals surface area contributed by atoms with Crippen LogP contribution in [0.3, 0.4) is 0 Å². The van der Waals surface area contributed by atoms with Crippen LogP contribution in [0.15, 0.2) is 42.5 Å². The molecule has 0 atom stereocenters. The Morgan fingerprint density at radius 3 is 2.43 bits per heavy atom. The zero-order valence-electron chi connectivity index (χ0n) is 11.5. The Balaban J connectivity index is 2.12. The Morgan fingerprint density at radius 1 is 1.14 bits per heavy atom. The van der Waals surface area contributed by atoms with Gasteiger partial charge in [-0.25, -0.2) is 4.39 Å². The van der Waals surface area contributed by atoms with E-state index in [-0.39, 0.29) is 12.0 Å². The largest absolute Gasteiger partial charge is 0.369 e. The van der Waals surface area contributed by atoms with E-state index in [1.54, 1.807) is 43.3 Å². The summed E-state index contributed by atoms with van der Waals surface area (Å²) in [7, 11) is 0. The Kier molecular flexibility index (Phi) is 4.33. The van der Waals surface area contributed by atoms with Gasteiger partial charge < -0.3 is 11.1 Å². The van der Waals surface area contributed by atoms with Crippen LogP contribution in [0.4, 0.5) is 10.1 Å². The maximum Gasteiger partial charge on any atom is 0.258 e. The van der Waals surface area contributed by atoms with Crippen molar-refractivity contribution in [3.8, 4) is 0 Å². The molecule has 3 N–H and O–H groups in total. The summed E-state index contributed by atoms with van der Waals surface area (Å²) in [6.45, 7) is 1.60. The van der Waals surface area contributed by atoms with Gasteiger partial charge in [-0.05, 0) is 36.2 Å². The van der Waals surface area contributed by atoms with E-state index in [0.717, 1.165) is 5.56 Å². The molecule has 0 heterocycles. The minimum atomic E-state index is -0.527. The summed E-state index contributed by atoms with van der Waals surface area (Å²) in [6.07, 6.45) is 0.140. The van der Waals surface area contributed by atoms with E-state index in [2.05, 4.69) is 5.32 Å². The molecule has 0 bridgehead atoms. The van der Waals surface area contributed by atoms with Gasteiger partial charge in [0.2, 0.25) is 5.91 Å². The average Bonchev–Trinajstić information content (AvgIpc) is 2.43. The van der Waals surface area contributed by atoms with E-state index in [1.165, 1.54) is 6.07 Å². The molecule has 0 saturated heterocycles. The topological polar surface area (TPSA) is 72.2 Å². The zero-order valence-corrected chi connectivity index (χ0v) is 11.5. The summed E-state index contributed by atoms with van der Waals surface area (Å²) in [4.78, 5) is 22.8. The molecule has 0 radical (unpaired) electrons. The molecule has 0 spiro atoms. The summed E-state index contributed by atoms with van der Waals surface area (Å²) in [5, 5.41) is 2.61. The molecule has 21 heavy (non-hydrogen) atoms. The lowest BCUT2D eigenvalue weighted by Gasteiger charge is -2.08. The number of nitrogens with one attached hydrogen (secondary N) is 1. The summed E-state index contributed by atoms with van der Waals surface area (Å²) < 4.78 is 13.9. The molecule has 2 aromatic rings. The third-order valence-corrected chi connectivity index (χ3v) is 3.03. The zero-order chi connectivity index (χ0) is 15.4. The molecule has 2 aromatic carbocycles. The molecule has 2 rings (SSSR count). The number of amides is 2. The Morgan fingerprint density at radius 2 is 1.81 bits per heavy atom. The molecule has 0 aliphatic carbocycles. The molecule has 0 aromatic heterocycles. The fourth-order valence-corrected chi connectivity index (χ4v) is 1.93. The van der Waals surface area contributed by atoms with Gasteiger partial charge in [-0.2, -0.15) is 0 Å². The molecular weight excluding hydrogens is 271 g/mol. The van der Waals surface area contributed by atoms with E-state index in [4.69, 9.17) is 5.73 Å². The predicted octanol–water partition coefficient (Wildman–Crippen LogP) is 2.41. The van der Waals surface area contributed by atoms with Crippen molar-refractivity contribution in [3.63, 3.8) is 0 Å². The molecule has 0 fully saturated rings. The van der Waals surface area contributed by atoms with E-state index >= 15 is 0 Å². The maximum absolute atomic E-state index is 13.9. The summed E-state index contributed by atoms with van der Waals surface area (Å²) in [6, 6.07) is 11.3. The molecule has 5 heteroatoms. The van der Waals surface area contributed by atoms with Gasteiger partial charge in [0.1, 0.15) is 5.82 Å². The lowest BCUT2D eigenvalue weighted by Crippen LogP contribution is -2.15. The van der Waals surface area contributed by atoms with Crippen molar-refractivity contribution in [3.05, 3.63) is 65.0 Å². The second-order valence-electron chi connectivity index (χ2n) is 4.73. The molecule has 108 valence electrons.